The zero-order chi connectivity index (χ0) is 24.7. The molecule has 1 saturated heterocycles. The molecule has 2 aromatic carbocycles. The molecule has 0 bridgehead atoms. The molecule has 35 heavy (non-hydrogen) atoms. The largest absolute Gasteiger partial charge is 0.384 e. The average molecular weight is 473 g/mol. The second-order valence-electron chi connectivity index (χ2n) is 9.15. The van der Waals surface area contributed by atoms with Gasteiger partial charge in [0.2, 0.25) is 0 Å². The van der Waals surface area contributed by atoms with E-state index in [1.165, 1.54) is 5.56 Å². The molecule has 1 aliphatic rings. The van der Waals surface area contributed by atoms with Crippen molar-refractivity contribution in [3.8, 4) is 0 Å². The Kier molecular flexibility index (Phi) is 8.13. The van der Waals surface area contributed by atoms with E-state index in [9.17, 15) is 4.79 Å². The van der Waals surface area contributed by atoms with Crippen LogP contribution in [0.4, 0.5) is 11.5 Å². The van der Waals surface area contributed by atoms with Crippen LogP contribution in [-0.2, 0) is 5.54 Å². The molecule has 7 heteroatoms. The third-order valence-corrected chi connectivity index (χ3v) is 6.95. The Bertz CT molecular complexity index is 1100. The molecule has 1 fully saturated rings. The Labute approximate surface area is 207 Å². The molecule has 6 N–H and O–H groups in total. The summed E-state index contributed by atoms with van der Waals surface area (Å²) in [6.45, 7) is 6.02. The number of piperazine rings is 1. The molecular formula is C28H36N6O. The number of carbonyl (C=O) groups is 1. The van der Waals surface area contributed by atoms with Gasteiger partial charge in [0, 0.05) is 49.7 Å². The number of amides is 1. The van der Waals surface area contributed by atoms with E-state index in [-0.39, 0.29) is 17.5 Å². The van der Waals surface area contributed by atoms with Gasteiger partial charge in [0.1, 0.15) is 5.82 Å². The van der Waals surface area contributed by atoms with E-state index in [2.05, 4.69) is 57.8 Å². The first-order chi connectivity index (χ1) is 17.0. The fraction of sp³-hybridized carbons (Fsp3) is 0.357. The van der Waals surface area contributed by atoms with Crippen molar-refractivity contribution in [3.05, 3.63) is 89.6 Å². The van der Waals surface area contributed by atoms with Gasteiger partial charge in [-0.2, -0.15) is 0 Å². The number of nitrogens with two attached hydrogens (primary N) is 2. The lowest BCUT2D eigenvalue weighted by molar-refractivity contribution is 0.0357. The van der Waals surface area contributed by atoms with E-state index < -0.39 is 0 Å². The molecule has 0 spiro atoms. The quantitative estimate of drug-likeness (QED) is 0.376. The second kappa shape index (κ2) is 11.4. The minimum absolute atomic E-state index is 0.196. The Hall–Kier alpha value is -3.26. The molecule has 1 aromatic heterocycles. The van der Waals surface area contributed by atoms with Gasteiger partial charge < -0.3 is 22.1 Å². The van der Waals surface area contributed by atoms with Crippen LogP contribution >= 0.6 is 0 Å². The van der Waals surface area contributed by atoms with Gasteiger partial charge in [-0.25, -0.2) is 4.98 Å². The van der Waals surface area contributed by atoms with Crippen LogP contribution in [0, 0.1) is 0 Å². The highest BCUT2D eigenvalue weighted by molar-refractivity contribution is 6.04. The number of hydrogen-bond donors (Lipinski definition) is 4. The summed E-state index contributed by atoms with van der Waals surface area (Å²) in [7, 11) is 0. The van der Waals surface area contributed by atoms with Crippen LogP contribution < -0.4 is 22.1 Å². The molecule has 0 aliphatic carbocycles. The number of anilines is 2. The van der Waals surface area contributed by atoms with Crippen molar-refractivity contribution in [2.24, 2.45) is 5.73 Å². The van der Waals surface area contributed by atoms with Crippen molar-refractivity contribution in [1.82, 2.24) is 15.2 Å². The predicted molar refractivity (Wildman–Crippen MR) is 142 cm³/mol. The Morgan fingerprint density at radius 3 is 2.49 bits per heavy atom. The molecule has 4 rings (SSSR count). The van der Waals surface area contributed by atoms with Gasteiger partial charge in [-0.15, -0.1) is 0 Å². The average Bonchev–Trinajstić information content (AvgIpc) is 2.90. The summed E-state index contributed by atoms with van der Waals surface area (Å²) in [4.78, 5) is 19.3. The SMILES string of the molecule is CCCCC(c1ccccc1)(C(N)c1ccc(C(=O)Nc2ccnc(N)c2)cc1)N1CCNCC1. The lowest BCUT2D eigenvalue weighted by atomic mass is 9.74. The number of unbranched alkanes of at least 4 members (excludes halogenated alkanes) is 1. The molecular weight excluding hydrogens is 436 g/mol. The molecule has 2 unspecified atom stereocenters. The van der Waals surface area contributed by atoms with Gasteiger partial charge in [0.05, 0.1) is 11.6 Å². The lowest BCUT2D eigenvalue weighted by Crippen LogP contribution is -2.58. The normalized spacial score (nSPS) is 16.9. The smallest absolute Gasteiger partial charge is 0.255 e. The van der Waals surface area contributed by atoms with Crippen LogP contribution in [0.5, 0.6) is 0 Å². The zero-order valence-electron chi connectivity index (χ0n) is 20.4. The van der Waals surface area contributed by atoms with E-state index in [0.717, 1.165) is 51.0 Å². The van der Waals surface area contributed by atoms with E-state index in [0.29, 0.717) is 17.1 Å². The summed E-state index contributed by atoms with van der Waals surface area (Å²) in [5.74, 6) is 0.166. The number of carbonyl (C=O) groups excluding carboxylic acids is 1. The standard InChI is InChI=1S/C28H36N6O/c1-2-3-14-28(23-7-5-4-6-8-23,34-18-16-31-17-19-34)26(30)21-9-11-22(12-10-21)27(35)33-24-13-15-32-25(29)20-24/h4-13,15,20,26,31H,2-3,14,16-19,30H2,1H3,(H3,29,32,33,35). The maximum atomic E-state index is 12.8. The van der Waals surface area contributed by atoms with Gasteiger partial charge in [-0.3, -0.25) is 9.69 Å². The van der Waals surface area contributed by atoms with Gasteiger partial charge >= 0.3 is 0 Å². The number of nitrogen functional groups attached to an aromatic ring is 1. The van der Waals surface area contributed by atoms with E-state index in [1.807, 2.05) is 24.3 Å². The van der Waals surface area contributed by atoms with Crippen LogP contribution in [0.3, 0.4) is 0 Å². The van der Waals surface area contributed by atoms with E-state index in [1.54, 1.807) is 18.3 Å². The first-order valence-electron chi connectivity index (χ1n) is 12.4. The first-order valence-corrected chi connectivity index (χ1v) is 12.4. The lowest BCUT2D eigenvalue weighted by Gasteiger charge is -2.50. The maximum absolute atomic E-state index is 12.8. The third-order valence-electron chi connectivity index (χ3n) is 6.95. The molecule has 0 saturated carbocycles. The Balaban J connectivity index is 1.64. The summed E-state index contributed by atoms with van der Waals surface area (Å²) >= 11 is 0. The number of hydrogen-bond acceptors (Lipinski definition) is 6. The molecule has 2 atom stereocenters. The third kappa shape index (κ3) is 5.53. The van der Waals surface area contributed by atoms with E-state index >= 15 is 0 Å². The van der Waals surface area contributed by atoms with Crippen LogP contribution in [0.15, 0.2) is 72.9 Å². The Morgan fingerprint density at radius 2 is 1.83 bits per heavy atom. The highest BCUT2D eigenvalue weighted by Crippen LogP contribution is 2.43. The van der Waals surface area contributed by atoms with Crippen LogP contribution in [0.1, 0.15) is 53.7 Å². The van der Waals surface area contributed by atoms with Crippen molar-refractivity contribution in [2.45, 2.75) is 37.8 Å². The maximum Gasteiger partial charge on any atom is 0.255 e. The zero-order valence-corrected chi connectivity index (χ0v) is 20.4. The molecule has 0 radical (unpaired) electrons. The highest BCUT2D eigenvalue weighted by atomic mass is 16.1. The van der Waals surface area contributed by atoms with Crippen LogP contribution in [-0.4, -0.2) is 42.0 Å². The monoisotopic (exact) mass is 472 g/mol. The molecule has 2 heterocycles. The van der Waals surface area contributed by atoms with Crippen molar-refractivity contribution >= 4 is 17.4 Å². The molecule has 1 amide bonds. The number of rotatable bonds is 9. The number of benzene rings is 2. The summed E-state index contributed by atoms with van der Waals surface area (Å²) in [5, 5.41) is 6.36. The highest BCUT2D eigenvalue weighted by Gasteiger charge is 2.44. The second-order valence-corrected chi connectivity index (χ2v) is 9.15. The van der Waals surface area contributed by atoms with Crippen LogP contribution in [0.2, 0.25) is 0 Å². The van der Waals surface area contributed by atoms with Gasteiger partial charge in [-0.05, 0) is 35.7 Å². The number of aromatic nitrogens is 1. The van der Waals surface area contributed by atoms with Crippen molar-refractivity contribution < 1.29 is 4.79 Å². The minimum atomic E-state index is -0.322. The fourth-order valence-corrected chi connectivity index (χ4v) is 5.10. The summed E-state index contributed by atoms with van der Waals surface area (Å²) in [6.07, 6.45) is 4.73. The topological polar surface area (TPSA) is 109 Å². The van der Waals surface area contributed by atoms with Gasteiger partial charge in [-0.1, -0.05) is 62.2 Å². The molecule has 1 aliphatic heterocycles. The fourth-order valence-electron chi connectivity index (χ4n) is 5.10. The summed E-state index contributed by atoms with van der Waals surface area (Å²) in [6, 6.07) is 21.5. The van der Waals surface area contributed by atoms with Gasteiger partial charge in [0.15, 0.2) is 0 Å². The van der Waals surface area contributed by atoms with Crippen LogP contribution in [0.25, 0.3) is 0 Å². The summed E-state index contributed by atoms with van der Waals surface area (Å²) in [5.41, 5.74) is 16.0. The van der Waals surface area contributed by atoms with Crippen molar-refractivity contribution in [1.29, 1.82) is 0 Å². The first kappa shape index (κ1) is 24.9. The number of pyridine rings is 1. The number of nitrogens with one attached hydrogen (secondary N) is 2. The van der Waals surface area contributed by atoms with Crippen molar-refractivity contribution in [2.75, 3.05) is 37.2 Å². The minimum Gasteiger partial charge on any atom is -0.384 e. The molecule has 3 aromatic rings. The Morgan fingerprint density at radius 1 is 1.11 bits per heavy atom. The van der Waals surface area contributed by atoms with E-state index in [4.69, 9.17) is 11.5 Å². The van der Waals surface area contributed by atoms with Gasteiger partial charge in [0.25, 0.3) is 5.91 Å². The predicted octanol–water partition coefficient (Wildman–Crippen LogP) is 3.91. The molecule has 184 valence electrons. The van der Waals surface area contributed by atoms with Crippen molar-refractivity contribution in [3.63, 3.8) is 0 Å². The summed E-state index contributed by atoms with van der Waals surface area (Å²) < 4.78 is 0. The molecule has 7 nitrogen and oxygen atoms in total. The number of nitrogens with zero attached hydrogens (tertiary/aromatic N) is 2.